The molecule has 1 fully saturated rings. The molecule has 3 aromatic rings. The molecule has 0 aromatic heterocycles. The molecule has 0 unspecified atom stereocenters. The van der Waals surface area contributed by atoms with Gasteiger partial charge in [0.2, 0.25) is 0 Å². The van der Waals surface area contributed by atoms with Gasteiger partial charge in [-0.05, 0) is 51.5 Å². The summed E-state index contributed by atoms with van der Waals surface area (Å²) in [5.41, 5.74) is -0.375. The van der Waals surface area contributed by atoms with Gasteiger partial charge in [0.15, 0.2) is 0 Å². The molecule has 28 heavy (non-hydrogen) atoms. The average Bonchev–Trinajstić information content (AvgIpc) is 2.96. The molecule has 0 atom stereocenters. The molecule has 0 bridgehead atoms. The van der Waals surface area contributed by atoms with E-state index in [0.717, 1.165) is 0 Å². The summed E-state index contributed by atoms with van der Waals surface area (Å²) < 4.78 is 10.4. The predicted molar refractivity (Wildman–Crippen MR) is 121 cm³/mol. The molecule has 3 aromatic carbocycles. The fraction of sp³-hybridized carbons (Fsp3) is 0.250. The predicted octanol–water partition coefficient (Wildman–Crippen LogP) is 4.57. The molecular weight excluding hydrogens is 362 g/mol. The Morgan fingerprint density at radius 2 is 0.821 bits per heavy atom. The molecule has 0 saturated carbocycles. The van der Waals surface area contributed by atoms with Crippen molar-refractivity contribution in [3.05, 3.63) is 91.0 Å². The Labute approximate surface area is 171 Å². The Kier molecular flexibility index (Phi) is 6.72. The first kappa shape index (κ1) is 20.8. The highest BCUT2D eigenvalue weighted by molar-refractivity contribution is 7.79. The normalized spacial score (nSPS) is 16.8. The van der Waals surface area contributed by atoms with E-state index in [1.54, 1.807) is 0 Å². The Hall–Kier alpha value is -1.93. The van der Waals surface area contributed by atoms with Crippen molar-refractivity contribution in [3.63, 3.8) is 0 Å². The Balaban J connectivity index is 0.000000211. The average molecular weight is 389 g/mol. The molecule has 1 aliphatic heterocycles. The molecular formula is C24H27BO2P. The largest absolute Gasteiger partial charge is 0.488 e. The molecule has 2 nitrogen and oxygen atoms in total. The van der Waals surface area contributed by atoms with Crippen LogP contribution in [0.15, 0.2) is 91.0 Å². The van der Waals surface area contributed by atoms with E-state index in [9.17, 15) is 0 Å². The smallest absolute Gasteiger partial charge is 0.405 e. The zero-order valence-corrected chi connectivity index (χ0v) is 17.9. The van der Waals surface area contributed by atoms with Gasteiger partial charge in [0, 0.05) is 0 Å². The highest BCUT2D eigenvalue weighted by atomic mass is 31.1. The fourth-order valence-electron chi connectivity index (χ4n) is 2.73. The molecule has 0 amide bonds. The van der Waals surface area contributed by atoms with E-state index in [1.165, 1.54) is 23.6 Å². The number of hydrogen-bond acceptors (Lipinski definition) is 2. The van der Waals surface area contributed by atoms with Crippen molar-refractivity contribution in [2.75, 3.05) is 0 Å². The van der Waals surface area contributed by atoms with E-state index < -0.39 is 7.92 Å². The van der Waals surface area contributed by atoms with Crippen molar-refractivity contribution in [1.29, 1.82) is 0 Å². The van der Waals surface area contributed by atoms with Gasteiger partial charge in [-0.3, -0.25) is 0 Å². The lowest BCUT2D eigenvalue weighted by atomic mass is 9.90. The van der Waals surface area contributed by atoms with Crippen LogP contribution in [-0.2, 0) is 9.31 Å². The third kappa shape index (κ3) is 4.91. The van der Waals surface area contributed by atoms with E-state index in [1.807, 2.05) is 27.7 Å². The van der Waals surface area contributed by atoms with Crippen molar-refractivity contribution < 1.29 is 9.31 Å². The van der Waals surface area contributed by atoms with Gasteiger partial charge in [-0.2, -0.15) is 0 Å². The molecule has 1 saturated heterocycles. The lowest BCUT2D eigenvalue weighted by molar-refractivity contribution is 0.00578. The molecule has 1 radical (unpaired) electrons. The van der Waals surface area contributed by atoms with Crippen LogP contribution in [0.25, 0.3) is 0 Å². The van der Waals surface area contributed by atoms with Crippen molar-refractivity contribution >= 4 is 31.5 Å². The molecule has 4 rings (SSSR count). The van der Waals surface area contributed by atoms with Crippen LogP contribution in [0, 0.1) is 0 Å². The Morgan fingerprint density at radius 1 is 0.536 bits per heavy atom. The van der Waals surface area contributed by atoms with Crippen LogP contribution in [0.4, 0.5) is 0 Å². The third-order valence-electron chi connectivity index (χ3n) is 5.18. The van der Waals surface area contributed by atoms with E-state index in [4.69, 9.17) is 9.31 Å². The second-order valence-corrected chi connectivity index (χ2v) is 9.91. The monoisotopic (exact) mass is 389 g/mol. The maximum atomic E-state index is 5.21. The summed E-state index contributed by atoms with van der Waals surface area (Å²) in [7, 11) is 0.971. The van der Waals surface area contributed by atoms with Crippen molar-refractivity contribution in [1.82, 2.24) is 0 Å². The maximum absolute atomic E-state index is 5.21. The van der Waals surface area contributed by atoms with Gasteiger partial charge in [-0.25, -0.2) is 0 Å². The van der Waals surface area contributed by atoms with Crippen LogP contribution in [0.5, 0.6) is 0 Å². The zero-order chi connectivity index (χ0) is 20.0. The van der Waals surface area contributed by atoms with Crippen molar-refractivity contribution in [2.45, 2.75) is 38.9 Å². The molecule has 0 spiro atoms. The first-order chi connectivity index (χ1) is 13.4. The van der Waals surface area contributed by atoms with Gasteiger partial charge >= 0.3 is 7.69 Å². The molecule has 1 heterocycles. The minimum absolute atomic E-state index is 0.187. The maximum Gasteiger partial charge on any atom is 0.488 e. The molecule has 143 valence electrons. The number of hydrogen-bond donors (Lipinski definition) is 0. The highest BCUT2D eigenvalue weighted by Gasteiger charge is 2.44. The third-order valence-corrected chi connectivity index (χ3v) is 7.62. The van der Waals surface area contributed by atoms with Crippen LogP contribution < -0.4 is 15.9 Å². The van der Waals surface area contributed by atoms with Gasteiger partial charge in [0.25, 0.3) is 0 Å². The Bertz CT molecular complexity index is 744. The van der Waals surface area contributed by atoms with E-state index in [0.29, 0.717) is 0 Å². The minimum atomic E-state index is -0.446. The molecule has 0 aliphatic carbocycles. The molecule has 4 heteroatoms. The summed E-state index contributed by atoms with van der Waals surface area (Å²) in [5.74, 6) is 0. The van der Waals surface area contributed by atoms with E-state index in [-0.39, 0.29) is 11.2 Å². The summed E-state index contributed by atoms with van der Waals surface area (Å²) in [6.45, 7) is 8.04. The number of rotatable bonds is 3. The van der Waals surface area contributed by atoms with Gasteiger partial charge < -0.3 is 9.31 Å². The van der Waals surface area contributed by atoms with Gasteiger partial charge in [0.05, 0.1) is 11.2 Å². The minimum Gasteiger partial charge on any atom is -0.405 e. The van der Waals surface area contributed by atoms with Crippen LogP contribution in [-0.4, -0.2) is 18.9 Å². The summed E-state index contributed by atoms with van der Waals surface area (Å²) in [4.78, 5) is 0. The zero-order valence-electron chi connectivity index (χ0n) is 17.0. The summed E-state index contributed by atoms with van der Waals surface area (Å²) >= 11 is 0. The summed E-state index contributed by atoms with van der Waals surface area (Å²) in [5, 5.41) is 4.19. The lowest BCUT2D eigenvalue weighted by Gasteiger charge is -2.32. The molecule has 0 N–H and O–H groups in total. The van der Waals surface area contributed by atoms with Gasteiger partial charge in [-0.15, -0.1) is 0 Å². The van der Waals surface area contributed by atoms with Gasteiger partial charge in [-0.1, -0.05) is 91.0 Å². The SMILES string of the molecule is CC1(C)O[B]OC1(C)C.c1ccc(P(c2ccccc2)c2ccccc2)cc1. The van der Waals surface area contributed by atoms with Crippen molar-refractivity contribution in [3.8, 4) is 0 Å². The van der Waals surface area contributed by atoms with Crippen molar-refractivity contribution in [2.24, 2.45) is 0 Å². The summed E-state index contributed by atoms with van der Waals surface area (Å²) in [6.07, 6.45) is 0. The first-order valence-electron chi connectivity index (χ1n) is 9.53. The van der Waals surface area contributed by atoms with E-state index in [2.05, 4.69) is 91.0 Å². The second kappa shape index (κ2) is 9.05. The molecule has 1 aliphatic rings. The fourth-order valence-corrected chi connectivity index (χ4v) is 5.03. The second-order valence-electron chi connectivity index (χ2n) is 7.69. The Morgan fingerprint density at radius 3 is 1.04 bits per heavy atom. The highest BCUT2D eigenvalue weighted by Crippen LogP contribution is 2.33. The standard InChI is InChI=1S/C18H15P.C6H12BO2/c1-4-10-16(11-5-1)19(17-12-6-2-7-13-17)18-14-8-3-9-15-18;1-5(2)6(3,4)9-7-8-5/h1-15H;1-4H3. The summed E-state index contributed by atoms with van der Waals surface area (Å²) in [6, 6.07) is 32.3. The first-order valence-corrected chi connectivity index (χ1v) is 10.9. The number of benzene rings is 3. The van der Waals surface area contributed by atoms with E-state index >= 15 is 0 Å². The topological polar surface area (TPSA) is 18.5 Å². The van der Waals surface area contributed by atoms with Crippen LogP contribution >= 0.6 is 7.92 Å². The lowest BCUT2D eigenvalue weighted by Crippen LogP contribution is -2.41. The van der Waals surface area contributed by atoms with Crippen LogP contribution in [0.3, 0.4) is 0 Å². The van der Waals surface area contributed by atoms with Crippen LogP contribution in [0.2, 0.25) is 0 Å². The van der Waals surface area contributed by atoms with Gasteiger partial charge in [0.1, 0.15) is 0 Å². The quantitative estimate of drug-likeness (QED) is 0.483. The van der Waals surface area contributed by atoms with Crippen LogP contribution in [0.1, 0.15) is 27.7 Å².